The largest absolute Gasteiger partial charge is 0.486 e. The molecule has 16 heavy (non-hydrogen) atoms. The molecule has 0 fully saturated rings. The second kappa shape index (κ2) is 4.88. The second-order valence-electron chi connectivity index (χ2n) is 5.12. The first-order chi connectivity index (χ1) is 7.35. The maximum Gasteiger partial charge on any atom is 0.126 e. The maximum absolute atomic E-state index is 6.10. The number of rotatable bonds is 4. The molecule has 0 aliphatic heterocycles. The van der Waals surface area contributed by atoms with Crippen LogP contribution in [-0.2, 0) is 0 Å². The first kappa shape index (κ1) is 13.0. The zero-order valence-corrected chi connectivity index (χ0v) is 11.3. The number of nitrogens with one attached hydrogen (secondary N) is 1. The first-order valence-corrected chi connectivity index (χ1v) is 5.77. The molecule has 0 aliphatic carbocycles. The van der Waals surface area contributed by atoms with Gasteiger partial charge in [0, 0.05) is 6.54 Å². The van der Waals surface area contributed by atoms with Crippen LogP contribution in [0.3, 0.4) is 0 Å². The van der Waals surface area contributed by atoms with E-state index >= 15 is 0 Å². The van der Waals surface area contributed by atoms with Crippen LogP contribution >= 0.6 is 0 Å². The van der Waals surface area contributed by atoms with Crippen molar-refractivity contribution in [3.63, 3.8) is 0 Å². The molecule has 0 heterocycles. The molecule has 0 saturated carbocycles. The van der Waals surface area contributed by atoms with Crippen molar-refractivity contribution in [3.8, 4) is 5.75 Å². The summed E-state index contributed by atoms with van der Waals surface area (Å²) in [5.74, 6) is 1.02. The second-order valence-corrected chi connectivity index (χ2v) is 5.12. The van der Waals surface area contributed by atoms with Gasteiger partial charge in [0.05, 0.1) is 0 Å². The van der Waals surface area contributed by atoms with Gasteiger partial charge in [0.25, 0.3) is 0 Å². The van der Waals surface area contributed by atoms with Gasteiger partial charge in [0.1, 0.15) is 11.4 Å². The summed E-state index contributed by atoms with van der Waals surface area (Å²) in [5, 5.41) is 3.15. The molecule has 0 bridgehead atoms. The zero-order valence-electron chi connectivity index (χ0n) is 11.3. The highest BCUT2D eigenvalue weighted by Crippen LogP contribution is 2.28. The van der Waals surface area contributed by atoms with E-state index in [4.69, 9.17) is 4.74 Å². The molecule has 2 heteroatoms. The SMILES string of the molecule is CNCC(C)(C)Oc1c(C)cc(C)cc1C. The van der Waals surface area contributed by atoms with Gasteiger partial charge in [0.2, 0.25) is 0 Å². The van der Waals surface area contributed by atoms with Gasteiger partial charge in [-0.1, -0.05) is 17.7 Å². The molecular weight excluding hydrogens is 198 g/mol. The van der Waals surface area contributed by atoms with E-state index < -0.39 is 0 Å². The Morgan fingerprint density at radius 2 is 1.62 bits per heavy atom. The number of likely N-dealkylation sites (N-methyl/N-ethyl adjacent to an activating group) is 1. The van der Waals surface area contributed by atoms with Gasteiger partial charge in [-0.05, 0) is 52.8 Å². The Bertz CT molecular complexity index is 346. The monoisotopic (exact) mass is 221 g/mol. The number of benzene rings is 1. The van der Waals surface area contributed by atoms with Gasteiger partial charge in [-0.2, -0.15) is 0 Å². The molecule has 1 aromatic carbocycles. The Hall–Kier alpha value is -1.02. The van der Waals surface area contributed by atoms with Crippen LogP contribution in [0, 0.1) is 20.8 Å². The van der Waals surface area contributed by atoms with Crippen LogP contribution in [0.15, 0.2) is 12.1 Å². The van der Waals surface area contributed by atoms with E-state index in [0.717, 1.165) is 12.3 Å². The highest BCUT2D eigenvalue weighted by Gasteiger charge is 2.20. The Kier molecular flexibility index (Phi) is 3.98. The average Bonchev–Trinajstić information content (AvgIpc) is 2.11. The van der Waals surface area contributed by atoms with Gasteiger partial charge in [-0.3, -0.25) is 0 Å². The highest BCUT2D eigenvalue weighted by atomic mass is 16.5. The lowest BCUT2D eigenvalue weighted by atomic mass is 10.0. The van der Waals surface area contributed by atoms with E-state index in [1.54, 1.807) is 0 Å². The van der Waals surface area contributed by atoms with E-state index in [2.05, 4.69) is 52.1 Å². The summed E-state index contributed by atoms with van der Waals surface area (Å²) >= 11 is 0. The van der Waals surface area contributed by atoms with Crippen LogP contribution in [0.25, 0.3) is 0 Å². The predicted molar refractivity (Wildman–Crippen MR) is 69.3 cm³/mol. The number of hydrogen-bond donors (Lipinski definition) is 1. The molecule has 1 aromatic rings. The van der Waals surface area contributed by atoms with Crippen LogP contribution < -0.4 is 10.1 Å². The fourth-order valence-corrected chi connectivity index (χ4v) is 2.07. The number of ether oxygens (including phenoxy) is 1. The fraction of sp³-hybridized carbons (Fsp3) is 0.571. The number of aryl methyl sites for hydroxylation is 3. The van der Waals surface area contributed by atoms with Crippen molar-refractivity contribution < 1.29 is 4.74 Å². The normalized spacial score (nSPS) is 11.6. The van der Waals surface area contributed by atoms with Crippen molar-refractivity contribution >= 4 is 0 Å². The molecular formula is C14H23NO. The Morgan fingerprint density at radius 1 is 1.12 bits per heavy atom. The minimum absolute atomic E-state index is 0.181. The molecule has 1 N–H and O–H groups in total. The van der Waals surface area contributed by atoms with E-state index in [-0.39, 0.29) is 5.60 Å². The van der Waals surface area contributed by atoms with Crippen LogP contribution in [0.1, 0.15) is 30.5 Å². The van der Waals surface area contributed by atoms with E-state index in [9.17, 15) is 0 Å². The summed E-state index contributed by atoms with van der Waals surface area (Å²) in [4.78, 5) is 0. The molecule has 0 spiro atoms. The fourth-order valence-electron chi connectivity index (χ4n) is 2.07. The van der Waals surface area contributed by atoms with E-state index in [1.165, 1.54) is 16.7 Å². The molecule has 90 valence electrons. The van der Waals surface area contributed by atoms with Crippen molar-refractivity contribution in [2.75, 3.05) is 13.6 Å². The lowest BCUT2D eigenvalue weighted by Gasteiger charge is -2.28. The van der Waals surface area contributed by atoms with Crippen LogP contribution in [0.4, 0.5) is 0 Å². The summed E-state index contributed by atoms with van der Waals surface area (Å²) < 4.78 is 6.10. The molecule has 0 unspecified atom stereocenters. The minimum atomic E-state index is -0.181. The van der Waals surface area contributed by atoms with Crippen LogP contribution in [0.5, 0.6) is 5.75 Å². The third-order valence-electron chi connectivity index (χ3n) is 2.59. The van der Waals surface area contributed by atoms with E-state index in [0.29, 0.717) is 0 Å². The highest BCUT2D eigenvalue weighted by molar-refractivity contribution is 5.43. The molecule has 0 radical (unpaired) electrons. The maximum atomic E-state index is 6.10. The Labute approximate surface area is 99.0 Å². The minimum Gasteiger partial charge on any atom is -0.486 e. The lowest BCUT2D eigenvalue weighted by Crippen LogP contribution is -2.39. The molecule has 0 aliphatic rings. The molecule has 2 nitrogen and oxygen atoms in total. The summed E-state index contributed by atoms with van der Waals surface area (Å²) in [7, 11) is 1.94. The Morgan fingerprint density at radius 3 is 2.06 bits per heavy atom. The smallest absolute Gasteiger partial charge is 0.126 e. The van der Waals surface area contributed by atoms with Gasteiger partial charge >= 0.3 is 0 Å². The number of hydrogen-bond acceptors (Lipinski definition) is 2. The third-order valence-corrected chi connectivity index (χ3v) is 2.59. The standard InChI is InChI=1S/C14H23NO/c1-10-7-11(2)13(12(3)8-10)16-14(4,5)9-15-6/h7-8,15H,9H2,1-6H3. The molecule has 1 rings (SSSR count). The van der Waals surface area contributed by atoms with Crippen molar-refractivity contribution in [1.82, 2.24) is 5.32 Å². The van der Waals surface area contributed by atoms with Crippen molar-refractivity contribution in [2.24, 2.45) is 0 Å². The lowest BCUT2D eigenvalue weighted by molar-refractivity contribution is 0.108. The summed E-state index contributed by atoms with van der Waals surface area (Å²) in [5.41, 5.74) is 3.52. The van der Waals surface area contributed by atoms with Gasteiger partial charge < -0.3 is 10.1 Å². The van der Waals surface area contributed by atoms with Crippen molar-refractivity contribution in [3.05, 3.63) is 28.8 Å². The summed E-state index contributed by atoms with van der Waals surface area (Å²) in [6.07, 6.45) is 0. The topological polar surface area (TPSA) is 21.3 Å². The quantitative estimate of drug-likeness (QED) is 0.844. The van der Waals surface area contributed by atoms with Gasteiger partial charge in [-0.25, -0.2) is 0 Å². The molecule has 0 aromatic heterocycles. The molecule has 0 saturated heterocycles. The Balaban J connectivity index is 2.97. The third kappa shape index (κ3) is 3.24. The zero-order chi connectivity index (χ0) is 12.3. The summed E-state index contributed by atoms with van der Waals surface area (Å²) in [6, 6.07) is 4.33. The molecule has 0 amide bonds. The predicted octanol–water partition coefficient (Wildman–Crippen LogP) is 2.99. The van der Waals surface area contributed by atoms with Gasteiger partial charge in [-0.15, -0.1) is 0 Å². The van der Waals surface area contributed by atoms with Crippen molar-refractivity contribution in [1.29, 1.82) is 0 Å². The average molecular weight is 221 g/mol. The summed E-state index contributed by atoms with van der Waals surface area (Å²) in [6.45, 7) is 11.3. The van der Waals surface area contributed by atoms with Crippen molar-refractivity contribution in [2.45, 2.75) is 40.2 Å². The van der Waals surface area contributed by atoms with Crippen LogP contribution in [0.2, 0.25) is 0 Å². The van der Waals surface area contributed by atoms with E-state index in [1.807, 2.05) is 7.05 Å². The molecule has 0 atom stereocenters. The van der Waals surface area contributed by atoms with Gasteiger partial charge in [0.15, 0.2) is 0 Å². The van der Waals surface area contributed by atoms with Crippen LogP contribution in [-0.4, -0.2) is 19.2 Å². The first-order valence-electron chi connectivity index (χ1n) is 5.77.